The zero-order valence-corrected chi connectivity index (χ0v) is 15.9. The van der Waals surface area contributed by atoms with Crippen LogP contribution in [0.25, 0.3) is 0 Å². The van der Waals surface area contributed by atoms with Crippen molar-refractivity contribution >= 4 is 34.8 Å². The Labute approximate surface area is 170 Å². The van der Waals surface area contributed by atoms with Crippen LogP contribution in [0.2, 0.25) is 0 Å². The molecule has 3 rings (SSSR count). The van der Waals surface area contributed by atoms with Gasteiger partial charge < -0.3 is 15.4 Å². The molecule has 8 heteroatoms. The van der Waals surface area contributed by atoms with E-state index in [0.717, 1.165) is 0 Å². The third-order valence-corrected chi connectivity index (χ3v) is 4.71. The first-order valence-electron chi connectivity index (χ1n) is 8.65. The van der Waals surface area contributed by atoms with Crippen molar-refractivity contribution in [2.45, 2.75) is 6.10 Å². The lowest BCUT2D eigenvalue weighted by Gasteiger charge is -2.18. The van der Waals surface area contributed by atoms with Crippen molar-refractivity contribution in [2.75, 3.05) is 11.9 Å². The van der Waals surface area contributed by atoms with Crippen LogP contribution in [0.15, 0.2) is 72.1 Å². The molecule has 2 aromatic carbocycles. The number of nitrogens with one attached hydrogen (secondary N) is 2. The number of carbonyl (C=O) groups excluding carboxylic acids is 3. The Balaban J connectivity index is 1.66. The van der Waals surface area contributed by atoms with Crippen LogP contribution in [0, 0.1) is 5.82 Å². The number of anilines is 1. The summed E-state index contributed by atoms with van der Waals surface area (Å²) >= 11 is 1.25. The Morgan fingerprint density at radius 2 is 1.69 bits per heavy atom. The molecule has 0 aliphatic carbocycles. The van der Waals surface area contributed by atoms with Gasteiger partial charge in [0.2, 0.25) is 6.10 Å². The molecular formula is C21H17FN2O4S. The Kier molecular flexibility index (Phi) is 6.70. The fourth-order valence-electron chi connectivity index (χ4n) is 2.46. The predicted molar refractivity (Wildman–Crippen MR) is 107 cm³/mol. The zero-order chi connectivity index (χ0) is 20.6. The maximum atomic E-state index is 13.1. The Bertz CT molecular complexity index is 976. The molecule has 0 bridgehead atoms. The SMILES string of the molecule is O=C(CNC(=O)c1cccs1)O[C@@H](C(=O)Nc1ccc(F)cc1)c1ccccc1. The predicted octanol–water partition coefficient (Wildman–Crippen LogP) is 3.54. The van der Waals surface area contributed by atoms with Gasteiger partial charge in [-0.1, -0.05) is 36.4 Å². The normalized spacial score (nSPS) is 11.3. The van der Waals surface area contributed by atoms with E-state index in [1.54, 1.807) is 47.8 Å². The van der Waals surface area contributed by atoms with Gasteiger partial charge in [-0.3, -0.25) is 14.4 Å². The monoisotopic (exact) mass is 412 g/mol. The third-order valence-electron chi connectivity index (χ3n) is 3.84. The van der Waals surface area contributed by atoms with E-state index >= 15 is 0 Å². The molecule has 0 fully saturated rings. The maximum Gasteiger partial charge on any atom is 0.326 e. The van der Waals surface area contributed by atoms with Gasteiger partial charge in [0, 0.05) is 11.3 Å². The standard InChI is InChI=1S/C21H17FN2O4S/c22-15-8-10-16(11-9-15)24-21(27)19(14-5-2-1-3-6-14)28-18(25)13-23-20(26)17-7-4-12-29-17/h1-12,19H,13H2,(H,23,26)(H,24,27)/t19-/m1/s1. The van der Waals surface area contributed by atoms with E-state index in [-0.39, 0.29) is 6.54 Å². The molecule has 148 valence electrons. The van der Waals surface area contributed by atoms with E-state index < -0.39 is 29.7 Å². The van der Waals surface area contributed by atoms with Crippen molar-refractivity contribution in [2.24, 2.45) is 0 Å². The highest BCUT2D eigenvalue weighted by Gasteiger charge is 2.25. The van der Waals surface area contributed by atoms with Crippen LogP contribution in [0.4, 0.5) is 10.1 Å². The number of ether oxygens (including phenoxy) is 1. The topological polar surface area (TPSA) is 84.5 Å². The van der Waals surface area contributed by atoms with E-state index in [1.165, 1.54) is 35.6 Å². The second kappa shape index (κ2) is 9.61. The lowest BCUT2D eigenvalue weighted by molar-refractivity contribution is -0.153. The van der Waals surface area contributed by atoms with Crippen molar-refractivity contribution in [1.29, 1.82) is 0 Å². The molecule has 0 radical (unpaired) electrons. The molecule has 2 amide bonds. The minimum Gasteiger partial charge on any atom is -0.446 e. The average molecular weight is 412 g/mol. The van der Waals surface area contributed by atoms with Crippen molar-refractivity contribution in [1.82, 2.24) is 5.32 Å². The first kappa shape index (κ1) is 20.2. The number of thiophene rings is 1. The van der Waals surface area contributed by atoms with E-state index in [1.807, 2.05) is 0 Å². The molecule has 2 N–H and O–H groups in total. The number of hydrogen-bond donors (Lipinski definition) is 2. The summed E-state index contributed by atoms with van der Waals surface area (Å²) in [6.07, 6.45) is -1.23. The van der Waals surface area contributed by atoms with Gasteiger partial charge in [0.25, 0.3) is 11.8 Å². The molecule has 3 aromatic rings. The van der Waals surface area contributed by atoms with Crippen LogP contribution >= 0.6 is 11.3 Å². The number of amides is 2. The molecule has 1 aromatic heterocycles. The minimum atomic E-state index is -1.23. The van der Waals surface area contributed by atoms with Crippen LogP contribution in [0.1, 0.15) is 21.3 Å². The number of esters is 1. The van der Waals surface area contributed by atoms with Crippen LogP contribution in [-0.4, -0.2) is 24.3 Å². The Morgan fingerprint density at radius 1 is 0.966 bits per heavy atom. The fourth-order valence-corrected chi connectivity index (χ4v) is 3.10. The van der Waals surface area contributed by atoms with E-state index in [2.05, 4.69) is 10.6 Å². The number of carbonyl (C=O) groups is 3. The molecule has 0 saturated heterocycles. The van der Waals surface area contributed by atoms with Crippen LogP contribution in [-0.2, 0) is 14.3 Å². The summed E-state index contributed by atoms with van der Waals surface area (Å²) in [4.78, 5) is 37.3. The average Bonchev–Trinajstić information content (AvgIpc) is 3.27. The second-order valence-corrected chi connectivity index (χ2v) is 6.88. The van der Waals surface area contributed by atoms with Gasteiger partial charge in [-0.05, 0) is 35.7 Å². The third kappa shape index (κ3) is 5.73. The first-order valence-corrected chi connectivity index (χ1v) is 9.53. The highest BCUT2D eigenvalue weighted by atomic mass is 32.1. The lowest BCUT2D eigenvalue weighted by atomic mass is 10.1. The first-order chi connectivity index (χ1) is 14.0. The highest BCUT2D eigenvalue weighted by molar-refractivity contribution is 7.12. The number of benzene rings is 2. The Hall–Kier alpha value is -3.52. The summed E-state index contributed by atoms with van der Waals surface area (Å²) in [5.41, 5.74) is 0.824. The molecule has 1 heterocycles. The van der Waals surface area contributed by atoms with Gasteiger partial charge in [-0.15, -0.1) is 11.3 Å². The summed E-state index contributed by atoms with van der Waals surface area (Å²) in [6, 6.07) is 17.0. The highest BCUT2D eigenvalue weighted by Crippen LogP contribution is 2.20. The summed E-state index contributed by atoms with van der Waals surface area (Å²) in [5.74, 6) is -2.20. The number of rotatable bonds is 7. The minimum absolute atomic E-state index is 0.361. The molecule has 0 saturated carbocycles. The van der Waals surface area contributed by atoms with Crippen molar-refractivity contribution in [3.05, 3.63) is 88.4 Å². The molecule has 1 atom stereocenters. The summed E-state index contributed by atoms with van der Waals surface area (Å²) in [7, 11) is 0. The van der Waals surface area contributed by atoms with E-state index in [9.17, 15) is 18.8 Å². The van der Waals surface area contributed by atoms with Crippen LogP contribution in [0.5, 0.6) is 0 Å². The van der Waals surface area contributed by atoms with Gasteiger partial charge in [0.05, 0.1) is 4.88 Å². The van der Waals surface area contributed by atoms with Crippen LogP contribution in [0.3, 0.4) is 0 Å². The molecule has 0 spiro atoms. The zero-order valence-electron chi connectivity index (χ0n) is 15.1. The van der Waals surface area contributed by atoms with Crippen molar-refractivity contribution in [3.63, 3.8) is 0 Å². The summed E-state index contributed by atoms with van der Waals surface area (Å²) < 4.78 is 18.4. The molecular weight excluding hydrogens is 395 g/mol. The van der Waals surface area contributed by atoms with E-state index in [4.69, 9.17) is 4.74 Å². The Morgan fingerprint density at radius 3 is 2.34 bits per heavy atom. The number of hydrogen-bond acceptors (Lipinski definition) is 5. The van der Waals surface area contributed by atoms with Gasteiger partial charge in [0.1, 0.15) is 12.4 Å². The fraction of sp³-hybridized carbons (Fsp3) is 0.0952. The molecule has 0 aliphatic heterocycles. The van der Waals surface area contributed by atoms with Gasteiger partial charge in [-0.25, -0.2) is 4.39 Å². The van der Waals surface area contributed by atoms with E-state index in [0.29, 0.717) is 16.1 Å². The summed E-state index contributed by atoms with van der Waals surface area (Å²) in [5, 5.41) is 6.80. The van der Waals surface area contributed by atoms with Crippen molar-refractivity contribution < 1.29 is 23.5 Å². The quantitative estimate of drug-likeness (QED) is 0.582. The smallest absolute Gasteiger partial charge is 0.326 e. The number of halogens is 1. The lowest BCUT2D eigenvalue weighted by Crippen LogP contribution is -2.33. The molecule has 0 unspecified atom stereocenters. The second-order valence-electron chi connectivity index (χ2n) is 5.94. The molecule has 29 heavy (non-hydrogen) atoms. The maximum absolute atomic E-state index is 13.1. The molecule has 6 nitrogen and oxygen atoms in total. The van der Waals surface area contributed by atoms with Gasteiger partial charge in [0.15, 0.2) is 0 Å². The molecule has 0 aliphatic rings. The van der Waals surface area contributed by atoms with Crippen LogP contribution < -0.4 is 10.6 Å². The largest absolute Gasteiger partial charge is 0.446 e. The van der Waals surface area contributed by atoms with Gasteiger partial charge >= 0.3 is 5.97 Å². The summed E-state index contributed by atoms with van der Waals surface area (Å²) in [6.45, 7) is -0.385. The van der Waals surface area contributed by atoms with Gasteiger partial charge in [-0.2, -0.15) is 0 Å². The van der Waals surface area contributed by atoms with Crippen molar-refractivity contribution in [3.8, 4) is 0 Å².